The fourth-order valence-corrected chi connectivity index (χ4v) is 2.42. The van der Waals surface area contributed by atoms with Crippen LogP contribution in [0.3, 0.4) is 0 Å². The minimum atomic E-state index is -0.862. The van der Waals surface area contributed by atoms with Gasteiger partial charge in [-0.1, -0.05) is 13.3 Å². The van der Waals surface area contributed by atoms with Crippen molar-refractivity contribution < 1.29 is 18.7 Å². The summed E-state index contributed by atoms with van der Waals surface area (Å²) in [4.78, 5) is 13.4. The maximum Gasteiger partial charge on any atom is 0.257 e. The van der Waals surface area contributed by atoms with E-state index in [1.165, 1.54) is 17.9 Å². The Labute approximate surface area is 110 Å². The lowest BCUT2D eigenvalue weighted by molar-refractivity contribution is -0.0861. The molecule has 1 heterocycles. The average molecular weight is 269 g/mol. The lowest BCUT2D eigenvalue weighted by Gasteiger charge is -2.46. The van der Waals surface area contributed by atoms with E-state index in [2.05, 4.69) is 0 Å². The molecule has 0 spiro atoms. The Morgan fingerprint density at radius 2 is 2.00 bits per heavy atom. The molecule has 1 fully saturated rings. The summed E-state index contributed by atoms with van der Waals surface area (Å²) in [6.07, 6.45) is 1.43. The third kappa shape index (κ3) is 2.61. The minimum absolute atomic E-state index is 0.141. The van der Waals surface area contributed by atoms with Crippen LogP contribution in [0.25, 0.3) is 0 Å². The van der Waals surface area contributed by atoms with Crippen LogP contribution in [0.2, 0.25) is 0 Å². The van der Waals surface area contributed by atoms with Crippen LogP contribution in [-0.2, 0) is 0 Å². The van der Waals surface area contributed by atoms with Crippen LogP contribution < -0.4 is 0 Å². The molecule has 104 valence electrons. The van der Waals surface area contributed by atoms with Gasteiger partial charge in [0.25, 0.3) is 5.91 Å². The van der Waals surface area contributed by atoms with E-state index < -0.39 is 23.1 Å². The van der Waals surface area contributed by atoms with Gasteiger partial charge in [0.2, 0.25) is 0 Å². The van der Waals surface area contributed by atoms with Crippen molar-refractivity contribution in [2.24, 2.45) is 0 Å². The number of rotatable bonds is 3. The van der Waals surface area contributed by atoms with Gasteiger partial charge in [-0.15, -0.1) is 0 Å². The minimum Gasteiger partial charge on any atom is -0.386 e. The maximum absolute atomic E-state index is 13.6. The molecule has 0 aliphatic carbocycles. The van der Waals surface area contributed by atoms with Crippen molar-refractivity contribution in [3.8, 4) is 0 Å². The first-order chi connectivity index (χ1) is 8.86. The van der Waals surface area contributed by atoms with E-state index in [-0.39, 0.29) is 24.2 Å². The van der Waals surface area contributed by atoms with Crippen LogP contribution in [0, 0.1) is 18.6 Å². The Hall–Kier alpha value is -1.49. The first-order valence-corrected chi connectivity index (χ1v) is 6.33. The highest BCUT2D eigenvalue weighted by Crippen LogP contribution is 2.28. The summed E-state index contributed by atoms with van der Waals surface area (Å²) >= 11 is 0. The highest BCUT2D eigenvalue weighted by atomic mass is 19.1. The number of hydrogen-bond donors (Lipinski definition) is 1. The van der Waals surface area contributed by atoms with E-state index in [0.29, 0.717) is 6.42 Å². The maximum atomic E-state index is 13.6. The molecule has 0 unspecified atom stereocenters. The number of aryl methyl sites for hydroxylation is 1. The Kier molecular flexibility index (Phi) is 3.58. The van der Waals surface area contributed by atoms with E-state index in [0.717, 1.165) is 12.5 Å². The summed E-state index contributed by atoms with van der Waals surface area (Å²) in [5.41, 5.74) is -0.762. The first-order valence-electron chi connectivity index (χ1n) is 6.33. The number of β-amino-alcohol motifs (C(OH)–C–C–N with tert-alkyl or cyclic N) is 1. The fourth-order valence-electron chi connectivity index (χ4n) is 2.42. The van der Waals surface area contributed by atoms with E-state index in [1.807, 2.05) is 6.92 Å². The Balaban J connectivity index is 2.12. The van der Waals surface area contributed by atoms with E-state index in [4.69, 9.17) is 0 Å². The van der Waals surface area contributed by atoms with Crippen molar-refractivity contribution in [3.63, 3.8) is 0 Å². The molecule has 1 saturated heterocycles. The van der Waals surface area contributed by atoms with Crippen molar-refractivity contribution in [2.75, 3.05) is 13.1 Å². The van der Waals surface area contributed by atoms with Gasteiger partial charge in [0.05, 0.1) is 24.3 Å². The number of likely N-dealkylation sites (tertiary alicyclic amines) is 1. The number of amides is 1. The van der Waals surface area contributed by atoms with Gasteiger partial charge < -0.3 is 10.0 Å². The van der Waals surface area contributed by atoms with Gasteiger partial charge in [0, 0.05) is 6.07 Å². The molecule has 3 nitrogen and oxygen atoms in total. The van der Waals surface area contributed by atoms with Gasteiger partial charge in [-0.2, -0.15) is 0 Å². The van der Waals surface area contributed by atoms with Crippen LogP contribution in [0.5, 0.6) is 0 Å². The van der Waals surface area contributed by atoms with E-state index >= 15 is 0 Å². The largest absolute Gasteiger partial charge is 0.386 e. The monoisotopic (exact) mass is 269 g/mol. The predicted octanol–water partition coefficient (Wildman–Crippen LogP) is 2.26. The molecule has 1 aliphatic rings. The quantitative estimate of drug-likeness (QED) is 0.914. The van der Waals surface area contributed by atoms with E-state index in [1.54, 1.807) is 0 Å². The Morgan fingerprint density at radius 3 is 2.58 bits per heavy atom. The van der Waals surface area contributed by atoms with Gasteiger partial charge in [0.15, 0.2) is 0 Å². The molecule has 0 bridgehead atoms. The van der Waals surface area contributed by atoms with Crippen molar-refractivity contribution in [2.45, 2.75) is 32.3 Å². The summed E-state index contributed by atoms with van der Waals surface area (Å²) in [6, 6.07) is 1.94. The number of carbonyl (C=O) groups excluding carboxylic acids is 1. The summed E-state index contributed by atoms with van der Waals surface area (Å²) in [7, 11) is 0. The van der Waals surface area contributed by atoms with Crippen molar-refractivity contribution >= 4 is 5.91 Å². The smallest absolute Gasteiger partial charge is 0.257 e. The number of aliphatic hydroxyl groups is 1. The van der Waals surface area contributed by atoms with Crippen molar-refractivity contribution in [1.82, 2.24) is 4.90 Å². The summed E-state index contributed by atoms with van der Waals surface area (Å²) in [6.45, 7) is 3.84. The second-order valence-electron chi connectivity index (χ2n) is 5.22. The zero-order chi connectivity index (χ0) is 14.2. The number of hydrogen-bond acceptors (Lipinski definition) is 2. The third-order valence-corrected chi connectivity index (χ3v) is 3.45. The van der Waals surface area contributed by atoms with Crippen LogP contribution in [-0.4, -0.2) is 34.6 Å². The van der Waals surface area contributed by atoms with Crippen LogP contribution in [0.1, 0.15) is 35.7 Å². The molecule has 1 amide bonds. The van der Waals surface area contributed by atoms with Crippen LogP contribution >= 0.6 is 0 Å². The van der Waals surface area contributed by atoms with Crippen LogP contribution in [0.4, 0.5) is 8.78 Å². The lowest BCUT2D eigenvalue weighted by Crippen LogP contribution is -2.63. The molecule has 2 rings (SSSR count). The molecule has 5 heteroatoms. The zero-order valence-corrected chi connectivity index (χ0v) is 11.0. The van der Waals surface area contributed by atoms with Crippen LogP contribution in [0.15, 0.2) is 12.1 Å². The molecule has 0 saturated carbocycles. The lowest BCUT2D eigenvalue weighted by atomic mass is 9.88. The standard InChI is InChI=1S/C14H17F2NO2/c1-3-4-14(19)7-17(8-14)13(18)10-5-9(2)11(15)6-12(10)16/h5-6,19H,3-4,7-8H2,1-2H3. The third-order valence-electron chi connectivity index (χ3n) is 3.45. The van der Waals surface area contributed by atoms with Gasteiger partial charge >= 0.3 is 0 Å². The molecule has 1 aromatic carbocycles. The number of benzene rings is 1. The SMILES string of the molecule is CCCC1(O)CN(C(=O)c2cc(C)c(F)cc2F)C1. The first kappa shape index (κ1) is 13.9. The van der Waals surface area contributed by atoms with Gasteiger partial charge in [-0.05, 0) is 25.0 Å². The van der Waals surface area contributed by atoms with Crippen molar-refractivity contribution in [3.05, 3.63) is 34.9 Å². The molecular formula is C14H17F2NO2. The Bertz CT molecular complexity index is 510. The number of nitrogens with zero attached hydrogens (tertiary/aromatic N) is 1. The summed E-state index contributed by atoms with van der Waals surface area (Å²) < 4.78 is 26.7. The topological polar surface area (TPSA) is 40.5 Å². The molecule has 0 atom stereocenters. The highest BCUT2D eigenvalue weighted by molar-refractivity contribution is 5.95. The summed E-state index contributed by atoms with van der Waals surface area (Å²) in [5.74, 6) is -2.03. The normalized spacial score (nSPS) is 17.2. The summed E-state index contributed by atoms with van der Waals surface area (Å²) in [5, 5.41) is 10.00. The molecule has 1 aromatic rings. The van der Waals surface area contributed by atoms with Crippen molar-refractivity contribution in [1.29, 1.82) is 0 Å². The molecule has 0 radical (unpaired) electrons. The average Bonchev–Trinajstić information content (AvgIpc) is 2.30. The molecule has 0 aromatic heterocycles. The van der Waals surface area contributed by atoms with Gasteiger partial charge in [-0.3, -0.25) is 4.79 Å². The number of carbonyl (C=O) groups is 1. The second kappa shape index (κ2) is 4.89. The number of halogens is 2. The molecule has 1 N–H and O–H groups in total. The highest BCUT2D eigenvalue weighted by Gasteiger charge is 2.43. The Morgan fingerprint density at radius 1 is 1.37 bits per heavy atom. The second-order valence-corrected chi connectivity index (χ2v) is 5.22. The fraction of sp³-hybridized carbons (Fsp3) is 0.500. The molecule has 1 aliphatic heterocycles. The molecular weight excluding hydrogens is 252 g/mol. The van der Waals surface area contributed by atoms with Gasteiger partial charge in [0.1, 0.15) is 11.6 Å². The van der Waals surface area contributed by atoms with E-state index in [9.17, 15) is 18.7 Å². The van der Waals surface area contributed by atoms with Gasteiger partial charge in [-0.25, -0.2) is 8.78 Å². The predicted molar refractivity (Wildman–Crippen MR) is 66.9 cm³/mol. The zero-order valence-electron chi connectivity index (χ0n) is 11.0. The molecule has 19 heavy (non-hydrogen) atoms.